The van der Waals surface area contributed by atoms with Gasteiger partial charge < -0.3 is 29.9 Å². The van der Waals surface area contributed by atoms with Gasteiger partial charge in [0.05, 0.1) is 6.20 Å². The Kier molecular flexibility index (Phi) is 12.2. The molecule has 51 heavy (non-hydrogen) atoms. The number of hydrogen-bond acceptors (Lipinski definition) is 8. The van der Waals surface area contributed by atoms with E-state index in [-0.39, 0.29) is 29.1 Å². The minimum Gasteiger partial charge on any atom is -0.420 e. The SMILES string of the molecule is COC(CCC(c1ccccc1N1CCN(Cc2cc(C(=O)N3CCN(c4ccc(F)cn4)CC3C)c(C)cc2C)CC1)C(C)(C)C)OC(N)=O. The molecule has 2 aliphatic heterocycles. The van der Waals surface area contributed by atoms with Gasteiger partial charge in [-0.2, -0.15) is 0 Å². The molecule has 0 aliphatic carbocycles. The van der Waals surface area contributed by atoms with Crippen molar-refractivity contribution in [2.45, 2.75) is 79.2 Å². The second-order valence-corrected chi connectivity index (χ2v) is 15.1. The minimum absolute atomic E-state index is 0.0130. The maximum absolute atomic E-state index is 14.0. The fourth-order valence-corrected chi connectivity index (χ4v) is 7.65. The zero-order valence-electron chi connectivity index (χ0n) is 31.3. The fraction of sp³-hybridized carbons (Fsp3) is 0.525. The van der Waals surface area contributed by atoms with Gasteiger partial charge in [0.1, 0.15) is 11.6 Å². The zero-order chi connectivity index (χ0) is 36.9. The lowest BCUT2D eigenvalue weighted by Gasteiger charge is -2.41. The molecule has 0 bridgehead atoms. The van der Waals surface area contributed by atoms with Gasteiger partial charge in [-0.15, -0.1) is 0 Å². The van der Waals surface area contributed by atoms with E-state index < -0.39 is 12.4 Å². The molecule has 3 unspecified atom stereocenters. The van der Waals surface area contributed by atoms with Gasteiger partial charge in [-0.3, -0.25) is 9.69 Å². The summed E-state index contributed by atoms with van der Waals surface area (Å²) in [5, 5.41) is 0. The Hall–Kier alpha value is -4.22. The molecule has 0 saturated carbocycles. The molecule has 2 aromatic carbocycles. The van der Waals surface area contributed by atoms with E-state index in [1.165, 1.54) is 41.8 Å². The molecule has 1 aromatic heterocycles. The number of methoxy groups -OCH3 is 1. The highest BCUT2D eigenvalue weighted by Gasteiger charge is 2.32. The van der Waals surface area contributed by atoms with E-state index in [2.05, 4.69) is 90.7 Å². The molecule has 10 nitrogen and oxygen atoms in total. The van der Waals surface area contributed by atoms with E-state index >= 15 is 0 Å². The molecule has 11 heteroatoms. The fourth-order valence-electron chi connectivity index (χ4n) is 7.65. The van der Waals surface area contributed by atoms with Crippen LogP contribution in [0.25, 0.3) is 0 Å². The molecule has 0 spiro atoms. The van der Waals surface area contributed by atoms with Crippen molar-refractivity contribution in [1.29, 1.82) is 0 Å². The van der Waals surface area contributed by atoms with Crippen LogP contribution in [0.4, 0.5) is 20.7 Å². The smallest absolute Gasteiger partial charge is 0.406 e. The number of hydrogen-bond donors (Lipinski definition) is 1. The van der Waals surface area contributed by atoms with Crippen molar-refractivity contribution in [2.75, 3.05) is 62.7 Å². The molecule has 3 atom stereocenters. The molecular formula is C40H55FN6O4. The Morgan fingerprint density at radius 1 is 0.961 bits per heavy atom. The third-order valence-electron chi connectivity index (χ3n) is 10.5. The third kappa shape index (κ3) is 9.37. The van der Waals surface area contributed by atoms with Crippen LogP contribution >= 0.6 is 0 Å². The molecule has 2 saturated heterocycles. The molecule has 3 aromatic rings. The van der Waals surface area contributed by atoms with Gasteiger partial charge in [0, 0.05) is 83.2 Å². The number of primary amides is 1. The minimum atomic E-state index is -0.832. The van der Waals surface area contributed by atoms with Crippen molar-refractivity contribution in [1.82, 2.24) is 14.8 Å². The Labute approximate surface area is 302 Å². The summed E-state index contributed by atoms with van der Waals surface area (Å²) in [5.74, 6) is 0.638. The van der Waals surface area contributed by atoms with Gasteiger partial charge >= 0.3 is 6.09 Å². The number of rotatable bonds is 11. The summed E-state index contributed by atoms with van der Waals surface area (Å²) in [6, 6.07) is 16.0. The first-order valence-corrected chi connectivity index (χ1v) is 18.1. The topological polar surface area (TPSA) is 104 Å². The van der Waals surface area contributed by atoms with Crippen molar-refractivity contribution >= 4 is 23.5 Å². The summed E-state index contributed by atoms with van der Waals surface area (Å²) in [5.41, 5.74) is 11.9. The van der Waals surface area contributed by atoms with Crippen LogP contribution in [0.15, 0.2) is 54.7 Å². The number of ether oxygens (including phenoxy) is 2. The summed E-state index contributed by atoms with van der Waals surface area (Å²) < 4.78 is 24.0. The summed E-state index contributed by atoms with van der Waals surface area (Å²) in [6.45, 7) is 19.2. The van der Waals surface area contributed by atoms with Crippen LogP contribution in [-0.2, 0) is 16.0 Å². The van der Waals surface area contributed by atoms with Gasteiger partial charge in [0.25, 0.3) is 5.91 Å². The van der Waals surface area contributed by atoms with Gasteiger partial charge in [-0.05, 0) is 85.0 Å². The predicted octanol–water partition coefficient (Wildman–Crippen LogP) is 6.49. The number of benzene rings is 2. The van der Waals surface area contributed by atoms with E-state index in [1.807, 2.05) is 11.8 Å². The number of piperazine rings is 2. The number of anilines is 2. The lowest BCUT2D eigenvalue weighted by Crippen LogP contribution is -2.54. The highest BCUT2D eigenvalue weighted by atomic mass is 19.1. The number of aryl methyl sites for hydroxylation is 2. The summed E-state index contributed by atoms with van der Waals surface area (Å²) in [7, 11) is 1.53. The van der Waals surface area contributed by atoms with E-state index in [4.69, 9.17) is 15.2 Å². The molecule has 2 fully saturated rings. The average molecular weight is 703 g/mol. The van der Waals surface area contributed by atoms with Crippen LogP contribution in [0.5, 0.6) is 0 Å². The molecule has 0 radical (unpaired) electrons. The van der Waals surface area contributed by atoms with E-state index in [0.29, 0.717) is 26.1 Å². The van der Waals surface area contributed by atoms with Crippen molar-refractivity contribution < 1.29 is 23.5 Å². The maximum Gasteiger partial charge on any atom is 0.406 e. The number of nitrogens with two attached hydrogens (primary N) is 1. The Morgan fingerprint density at radius 2 is 1.67 bits per heavy atom. The highest BCUT2D eigenvalue weighted by molar-refractivity contribution is 5.96. The molecule has 276 valence electrons. The van der Waals surface area contributed by atoms with Crippen molar-refractivity contribution in [3.63, 3.8) is 0 Å². The number of nitrogens with zero attached hydrogens (tertiary/aromatic N) is 5. The van der Waals surface area contributed by atoms with Crippen molar-refractivity contribution in [2.24, 2.45) is 11.1 Å². The number of carbonyl (C=O) groups excluding carboxylic acids is 2. The molecule has 2 N–H and O–H groups in total. The normalized spacial score (nSPS) is 18.4. The Balaban J connectivity index is 1.24. The van der Waals surface area contributed by atoms with E-state index in [1.54, 1.807) is 6.07 Å². The summed E-state index contributed by atoms with van der Waals surface area (Å²) >= 11 is 0. The van der Waals surface area contributed by atoms with Crippen molar-refractivity contribution in [3.8, 4) is 0 Å². The van der Waals surface area contributed by atoms with E-state index in [9.17, 15) is 14.0 Å². The van der Waals surface area contributed by atoms with Crippen LogP contribution in [0.2, 0.25) is 0 Å². The first-order valence-electron chi connectivity index (χ1n) is 18.1. The average Bonchev–Trinajstić information content (AvgIpc) is 3.09. The van der Waals surface area contributed by atoms with Crippen molar-refractivity contribution in [3.05, 3.63) is 88.4 Å². The second-order valence-electron chi connectivity index (χ2n) is 15.1. The van der Waals surface area contributed by atoms with Crippen LogP contribution in [0, 0.1) is 25.1 Å². The van der Waals surface area contributed by atoms with Gasteiger partial charge in [-0.25, -0.2) is 14.2 Å². The maximum atomic E-state index is 14.0. The molecular weight excluding hydrogens is 647 g/mol. The quantitative estimate of drug-likeness (QED) is 0.226. The third-order valence-corrected chi connectivity index (χ3v) is 10.5. The number of carbonyl (C=O) groups is 2. The largest absolute Gasteiger partial charge is 0.420 e. The number of amides is 2. The Bertz CT molecular complexity index is 1650. The summed E-state index contributed by atoms with van der Waals surface area (Å²) in [4.78, 5) is 38.6. The molecule has 2 amide bonds. The van der Waals surface area contributed by atoms with Gasteiger partial charge in [0.15, 0.2) is 0 Å². The molecule has 3 heterocycles. The summed E-state index contributed by atoms with van der Waals surface area (Å²) in [6.07, 6.45) is 1.05. The van der Waals surface area contributed by atoms with Crippen LogP contribution in [0.3, 0.4) is 0 Å². The monoisotopic (exact) mass is 702 g/mol. The lowest BCUT2D eigenvalue weighted by molar-refractivity contribution is -0.0853. The Morgan fingerprint density at radius 3 is 2.29 bits per heavy atom. The number of aromatic nitrogens is 1. The van der Waals surface area contributed by atoms with Crippen LogP contribution in [-0.4, -0.2) is 92.0 Å². The first kappa shape index (κ1) is 38.0. The van der Waals surface area contributed by atoms with Gasteiger partial charge in [-0.1, -0.05) is 45.0 Å². The van der Waals surface area contributed by atoms with Gasteiger partial charge in [0.2, 0.25) is 6.29 Å². The molecule has 2 aliphatic rings. The van der Waals surface area contributed by atoms with E-state index in [0.717, 1.165) is 56.1 Å². The number of halogens is 1. The second kappa shape index (κ2) is 16.4. The molecule has 5 rings (SSSR count). The zero-order valence-corrected chi connectivity index (χ0v) is 31.3. The van der Waals surface area contributed by atoms with Crippen LogP contribution in [0.1, 0.15) is 79.1 Å². The first-order chi connectivity index (χ1) is 24.2. The highest BCUT2D eigenvalue weighted by Crippen LogP contribution is 2.43. The van der Waals surface area contributed by atoms with Crippen LogP contribution < -0.4 is 15.5 Å². The predicted molar refractivity (Wildman–Crippen MR) is 200 cm³/mol. The lowest BCUT2D eigenvalue weighted by atomic mass is 9.73. The standard InChI is InChI=1S/C40H55FN6O4/c1-27-22-28(2)33(38(48)47-21-20-46(25-29(47)3)36-14-12-31(41)24-43-36)23-30(27)26-44-16-18-45(19-17-44)35-11-9-8-10-32(35)34(40(4,5)6)13-15-37(50-7)51-39(42)49/h8-12,14,22-24,29,34,37H,13,15-21,25-26H2,1-7H3,(H2,42,49). The number of para-hydroxylation sites is 1. The number of pyridine rings is 1.